The van der Waals surface area contributed by atoms with E-state index in [1.54, 1.807) is 10.9 Å². The number of nitrogens with zero attached hydrogens (tertiary/aromatic N) is 5. The van der Waals surface area contributed by atoms with Gasteiger partial charge in [0.1, 0.15) is 12.1 Å². The molecule has 20 heavy (non-hydrogen) atoms. The first-order valence-electron chi connectivity index (χ1n) is 6.35. The fraction of sp³-hybridized carbons (Fsp3) is 0.500. The zero-order valence-electron chi connectivity index (χ0n) is 11.1. The van der Waals surface area contributed by atoms with E-state index in [4.69, 9.17) is 9.84 Å². The first-order valence-corrected chi connectivity index (χ1v) is 6.35. The number of anilines is 1. The van der Waals surface area contributed by atoms with Crippen LogP contribution in [0.15, 0.2) is 12.5 Å². The van der Waals surface area contributed by atoms with Crippen LogP contribution >= 0.6 is 0 Å². The highest BCUT2D eigenvalue weighted by Gasteiger charge is 2.28. The van der Waals surface area contributed by atoms with Crippen molar-refractivity contribution in [2.45, 2.75) is 12.5 Å². The second-order valence-corrected chi connectivity index (χ2v) is 4.72. The lowest BCUT2D eigenvalue weighted by molar-refractivity contribution is -0.138. The lowest BCUT2D eigenvalue weighted by Gasteiger charge is -2.35. The van der Waals surface area contributed by atoms with Crippen molar-refractivity contribution in [3.8, 4) is 0 Å². The van der Waals surface area contributed by atoms with Crippen LogP contribution in [-0.2, 0) is 16.6 Å². The lowest BCUT2D eigenvalue weighted by Crippen LogP contribution is -2.47. The van der Waals surface area contributed by atoms with Crippen LogP contribution < -0.4 is 4.90 Å². The highest BCUT2D eigenvalue weighted by Crippen LogP contribution is 2.26. The Kier molecular flexibility index (Phi) is 3.23. The maximum Gasteiger partial charge on any atom is 0.305 e. The Labute approximate surface area is 115 Å². The van der Waals surface area contributed by atoms with E-state index >= 15 is 0 Å². The molecule has 0 spiro atoms. The molecule has 0 bridgehead atoms. The van der Waals surface area contributed by atoms with Crippen molar-refractivity contribution in [2.24, 2.45) is 7.05 Å². The molecule has 0 aliphatic carbocycles. The summed E-state index contributed by atoms with van der Waals surface area (Å²) in [5, 5.41) is 14.0. The van der Waals surface area contributed by atoms with Crippen molar-refractivity contribution in [1.82, 2.24) is 19.7 Å². The lowest BCUT2D eigenvalue weighted by atomic mass is 10.1. The molecule has 2 aromatic rings. The van der Waals surface area contributed by atoms with Crippen LogP contribution in [0.5, 0.6) is 0 Å². The van der Waals surface area contributed by atoms with Gasteiger partial charge in [-0.15, -0.1) is 0 Å². The fourth-order valence-electron chi connectivity index (χ4n) is 2.48. The van der Waals surface area contributed by atoms with Crippen molar-refractivity contribution in [3.63, 3.8) is 0 Å². The van der Waals surface area contributed by atoms with Crippen molar-refractivity contribution >= 4 is 22.8 Å². The molecule has 1 saturated heterocycles. The molecule has 1 aliphatic heterocycles. The van der Waals surface area contributed by atoms with Crippen LogP contribution in [0.1, 0.15) is 6.42 Å². The van der Waals surface area contributed by atoms with E-state index in [1.807, 2.05) is 11.9 Å². The summed E-state index contributed by atoms with van der Waals surface area (Å²) in [6, 6.07) is -0.223. The van der Waals surface area contributed by atoms with Crippen LogP contribution in [0.2, 0.25) is 0 Å². The molecule has 0 aromatic carbocycles. The van der Waals surface area contributed by atoms with Crippen molar-refractivity contribution < 1.29 is 14.6 Å². The predicted octanol–water partition coefficient (Wildman–Crippen LogP) is 0.0432. The van der Waals surface area contributed by atoms with Gasteiger partial charge in [-0.2, -0.15) is 5.10 Å². The number of ether oxygens (including phenoxy) is 1. The van der Waals surface area contributed by atoms with Gasteiger partial charge in [0.05, 0.1) is 37.3 Å². The first kappa shape index (κ1) is 12.8. The van der Waals surface area contributed by atoms with E-state index in [2.05, 4.69) is 15.1 Å². The van der Waals surface area contributed by atoms with Gasteiger partial charge in [0.15, 0.2) is 5.65 Å². The molecule has 106 valence electrons. The molecule has 2 aromatic heterocycles. The predicted molar refractivity (Wildman–Crippen MR) is 70.5 cm³/mol. The van der Waals surface area contributed by atoms with Crippen LogP contribution in [0, 0.1) is 0 Å². The Hall–Kier alpha value is -2.22. The Balaban J connectivity index is 2.01. The number of aromatic nitrogens is 4. The molecule has 1 fully saturated rings. The molecule has 1 atom stereocenters. The van der Waals surface area contributed by atoms with Crippen molar-refractivity contribution in [1.29, 1.82) is 0 Å². The van der Waals surface area contributed by atoms with Gasteiger partial charge < -0.3 is 14.7 Å². The topological polar surface area (TPSA) is 93.4 Å². The number of aryl methyl sites for hydroxylation is 1. The number of carbonyl (C=O) groups is 1. The van der Waals surface area contributed by atoms with Crippen LogP contribution in [0.4, 0.5) is 5.82 Å². The van der Waals surface area contributed by atoms with Crippen LogP contribution in [0.25, 0.3) is 11.0 Å². The van der Waals surface area contributed by atoms with E-state index in [0.717, 1.165) is 16.9 Å². The van der Waals surface area contributed by atoms with Gasteiger partial charge in [-0.25, -0.2) is 9.97 Å². The average molecular weight is 277 g/mol. The fourth-order valence-corrected chi connectivity index (χ4v) is 2.48. The summed E-state index contributed by atoms with van der Waals surface area (Å²) < 4.78 is 7.06. The molecule has 8 heteroatoms. The van der Waals surface area contributed by atoms with Gasteiger partial charge in [0.25, 0.3) is 0 Å². The second-order valence-electron chi connectivity index (χ2n) is 4.72. The largest absolute Gasteiger partial charge is 0.481 e. The molecular formula is C12H15N5O3. The minimum absolute atomic E-state index is 0.0196. The first-order chi connectivity index (χ1) is 9.66. The number of rotatable bonds is 3. The number of fused-ring (bicyclic) bond motifs is 1. The number of aliphatic carboxylic acids is 1. The minimum atomic E-state index is -0.845. The molecule has 0 amide bonds. The molecule has 1 N–H and O–H groups in total. The highest BCUT2D eigenvalue weighted by atomic mass is 16.5. The Morgan fingerprint density at radius 2 is 2.40 bits per heavy atom. The zero-order valence-corrected chi connectivity index (χ0v) is 11.1. The third kappa shape index (κ3) is 2.18. The molecule has 1 unspecified atom stereocenters. The summed E-state index contributed by atoms with van der Waals surface area (Å²) >= 11 is 0. The van der Waals surface area contributed by atoms with Gasteiger partial charge >= 0.3 is 5.97 Å². The summed E-state index contributed by atoms with van der Waals surface area (Å²) in [6.07, 6.45) is 3.20. The Morgan fingerprint density at radius 1 is 1.55 bits per heavy atom. The molecule has 3 rings (SSSR count). The quantitative estimate of drug-likeness (QED) is 0.846. The van der Waals surface area contributed by atoms with Gasteiger partial charge in [-0.3, -0.25) is 9.48 Å². The monoisotopic (exact) mass is 277 g/mol. The standard InChI is InChI=1S/C12H15N5O3/c1-16-11-9(5-15-16)12(14-7-13-11)17-2-3-20-6-8(17)4-10(18)19/h5,7-8H,2-4,6H2,1H3,(H,18,19). The zero-order chi connectivity index (χ0) is 14.1. The van der Waals surface area contributed by atoms with E-state index in [9.17, 15) is 4.79 Å². The number of morpholine rings is 1. The number of carboxylic acid groups (broad SMARTS) is 1. The molecule has 3 heterocycles. The van der Waals surface area contributed by atoms with E-state index < -0.39 is 5.97 Å². The molecule has 1 aliphatic rings. The summed E-state index contributed by atoms with van der Waals surface area (Å²) in [7, 11) is 1.81. The smallest absolute Gasteiger partial charge is 0.305 e. The molecular weight excluding hydrogens is 262 g/mol. The minimum Gasteiger partial charge on any atom is -0.481 e. The average Bonchev–Trinajstić information content (AvgIpc) is 2.81. The van der Waals surface area contributed by atoms with Gasteiger partial charge in [-0.05, 0) is 0 Å². The van der Waals surface area contributed by atoms with E-state index in [0.29, 0.717) is 19.8 Å². The third-order valence-corrected chi connectivity index (χ3v) is 3.42. The van der Waals surface area contributed by atoms with Crippen molar-refractivity contribution in [2.75, 3.05) is 24.7 Å². The van der Waals surface area contributed by atoms with Gasteiger partial charge in [-0.1, -0.05) is 0 Å². The van der Waals surface area contributed by atoms with Crippen LogP contribution in [-0.4, -0.2) is 56.6 Å². The normalized spacial score (nSPS) is 19.4. The van der Waals surface area contributed by atoms with E-state index in [-0.39, 0.29) is 12.5 Å². The molecule has 0 saturated carbocycles. The maximum absolute atomic E-state index is 11.0. The molecule has 0 radical (unpaired) electrons. The maximum atomic E-state index is 11.0. The number of carboxylic acids is 1. The summed E-state index contributed by atoms with van der Waals surface area (Å²) in [6.45, 7) is 1.55. The van der Waals surface area contributed by atoms with Gasteiger partial charge in [0, 0.05) is 13.6 Å². The summed E-state index contributed by atoms with van der Waals surface area (Å²) in [4.78, 5) is 21.5. The molecule has 8 nitrogen and oxygen atoms in total. The Morgan fingerprint density at radius 3 is 3.20 bits per heavy atom. The Bertz CT molecular complexity index is 641. The van der Waals surface area contributed by atoms with Gasteiger partial charge in [0.2, 0.25) is 0 Å². The summed E-state index contributed by atoms with van der Waals surface area (Å²) in [5.41, 5.74) is 0.732. The van der Waals surface area contributed by atoms with E-state index in [1.165, 1.54) is 6.33 Å². The third-order valence-electron chi connectivity index (χ3n) is 3.42. The summed E-state index contributed by atoms with van der Waals surface area (Å²) in [5.74, 6) is -0.125. The van der Waals surface area contributed by atoms with Crippen molar-refractivity contribution in [3.05, 3.63) is 12.5 Å². The second kappa shape index (κ2) is 5.04. The van der Waals surface area contributed by atoms with Crippen LogP contribution in [0.3, 0.4) is 0 Å². The SMILES string of the molecule is Cn1ncc2c(N3CCOCC3CC(=O)O)ncnc21. The number of hydrogen-bond donors (Lipinski definition) is 1. The highest BCUT2D eigenvalue weighted by molar-refractivity contribution is 5.87. The number of hydrogen-bond acceptors (Lipinski definition) is 6.